The number of benzene rings is 3. The summed E-state index contributed by atoms with van der Waals surface area (Å²) in [5.74, 6) is -0.860. The van der Waals surface area contributed by atoms with Crippen LogP contribution in [-0.2, 0) is 10.0 Å². The molecule has 5 aliphatic rings. The first-order valence-corrected chi connectivity index (χ1v) is 24.7. The molecule has 1 amide bonds. The number of aliphatic hydroxyl groups excluding tert-OH is 1. The molecular weight excluding hydrogens is 866 g/mol. The molecule has 0 radical (unpaired) electrons. The van der Waals surface area contributed by atoms with E-state index in [-0.39, 0.29) is 64.0 Å². The van der Waals surface area contributed by atoms with Gasteiger partial charge in [0.25, 0.3) is 21.6 Å². The van der Waals surface area contributed by atoms with Gasteiger partial charge in [-0.1, -0.05) is 38.1 Å². The van der Waals surface area contributed by atoms with Crippen LogP contribution in [0.25, 0.3) is 11.0 Å². The summed E-state index contributed by atoms with van der Waals surface area (Å²) in [7, 11) is -4.71. The summed E-state index contributed by atoms with van der Waals surface area (Å²) >= 11 is 0. The minimum absolute atomic E-state index is 0.0215. The predicted molar refractivity (Wildman–Crippen MR) is 247 cm³/mol. The van der Waals surface area contributed by atoms with Crippen LogP contribution in [0.15, 0.2) is 78.0 Å². The summed E-state index contributed by atoms with van der Waals surface area (Å²) in [6.07, 6.45) is 11.6. The fraction of sp³-hybridized carbons (Fsp3) is 0.469. The quantitative estimate of drug-likeness (QED) is 0.0728. The van der Waals surface area contributed by atoms with Gasteiger partial charge in [-0.3, -0.25) is 19.8 Å². The van der Waals surface area contributed by atoms with E-state index < -0.39 is 37.3 Å². The number of anilines is 2. The van der Waals surface area contributed by atoms with Gasteiger partial charge < -0.3 is 29.8 Å². The van der Waals surface area contributed by atoms with Crippen LogP contribution in [0, 0.1) is 27.3 Å². The smallest absolute Gasteiger partial charge is 0.297 e. The molecule has 66 heavy (non-hydrogen) atoms. The number of sulfonamides is 1. The van der Waals surface area contributed by atoms with Gasteiger partial charge in [0.2, 0.25) is 0 Å². The molecule has 4 fully saturated rings. The number of likely N-dealkylation sites (tertiary alicyclic amines) is 1. The Balaban J connectivity index is 0.865. The molecule has 10 rings (SSSR count). The molecular formula is C49H56FN7O8S. The Kier molecular flexibility index (Phi) is 11.7. The zero-order chi connectivity index (χ0) is 45.9. The molecule has 3 aliphatic heterocycles. The fourth-order valence-corrected chi connectivity index (χ4v) is 12.4. The third-order valence-electron chi connectivity index (χ3n) is 15.0. The molecule has 2 aliphatic carbocycles. The number of amides is 1. The molecule has 2 saturated heterocycles. The zero-order valence-electron chi connectivity index (χ0n) is 37.2. The van der Waals surface area contributed by atoms with Crippen molar-refractivity contribution in [2.75, 3.05) is 36.5 Å². The number of ether oxygens (including phenoxy) is 2. The summed E-state index contributed by atoms with van der Waals surface area (Å²) in [6.45, 7) is 7.39. The Hall–Kier alpha value is -5.78. The van der Waals surface area contributed by atoms with E-state index in [1.165, 1.54) is 54.6 Å². The highest BCUT2D eigenvalue weighted by atomic mass is 32.2. The van der Waals surface area contributed by atoms with Crippen molar-refractivity contribution in [1.82, 2.24) is 19.6 Å². The number of aromatic nitrogens is 2. The van der Waals surface area contributed by atoms with Gasteiger partial charge in [0.1, 0.15) is 29.6 Å². The van der Waals surface area contributed by atoms with Crippen molar-refractivity contribution in [2.24, 2.45) is 11.3 Å². The summed E-state index contributed by atoms with van der Waals surface area (Å²) < 4.78 is 56.8. The van der Waals surface area contributed by atoms with Gasteiger partial charge in [-0.05, 0) is 117 Å². The van der Waals surface area contributed by atoms with Gasteiger partial charge in [-0.15, -0.1) is 0 Å². The highest BCUT2D eigenvalue weighted by molar-refractivity contribution is 7.90. The lowest BCUT2D eigenvalue weighted by molar-refractivity contribution is -0.384. The third kappa shape index (κ3) is 8.45. The normalized spacial score (nSPS) is 23.3. The highest BCUT2D eigenvalue weighted by Gasteiger charge is 2.50. The van der Waals surface area contributed by atoms with Crippen LogP contribution < -0.4 is 24.4 Å². The minimum atomic E-state index is -4.71. The summed E-state index contributed by atoms with van der Waals surface area (Å²) in [5, 5.41) is 25.7. The van der Waals surface area contributed by atoms with Crippen molar-refractivity contribution in [3.05, 3.63) is 106 Å². The van der Waals surface area contributed by atoms with Crippen molar-refractivity contribution in [1.29, 1.82) is 0 Å². The Bertz CT molecular complexity index is 2780. The number of piperidine rings is 1. The topological polar surface area (TPSA) is 192 Å². The Morgan fingerprint density at radius 3 is 2.58 bits per heavy atom. The molecule has 2 saturated carbocycles. The van der Waals surface area contributed by atoms with Crippen LogP contribution in [0.4, 0.5) is 21.5 Å². The van der Waals surface area contributed by atoms with Crippen molar-refractivity contribution in [3.63, 3.8) is 0 Å². The van der Waals surface area contributed by atoms with Crippen LogP contribution in [0.2, 0.25) is 0 Å². The number of halogens is 1. The predicted octanol–water partition coefficient (Wildman–Crippen LogP) is 8.95. The maximum absolute atomic E-state index is 14.6. The van der Waals surface area contributed by atoms with Crippen molar-refractivity contribution < 1.29 is 37.1 Å². The number of fused-ring (bicyclic) bond motifs is 2. The number of aliphatic hydroxyl groups is 1. The summed E-state index contributed by atoms with van der Waals surface area (Å²) in [5.41, 5.74) is 3.69. The van der Waals surface area contributed by atoms with Crippen LogP contribution in [0.5, 0.6) is 17.2 Å². The first-order chi connectivity index (χ1) is 31.7. The van der Waals surface area contributed by atoms with Crippen LogP contribution in [0.1, 0.15) is 112 Å². The molecule has 17 heteroatoms. The van der Waals surface area contributed by atoms with E-state index in [9.17, 15) is 32.8 Å². The average molecular weight is 922 g/mol. The SMILES string of the molecule is CC(C)c1ccccc1[C@H]1CCCN1C1CC2(CCN(c3ccc(C(=O)NS(=O)(=O)c4cc5c(c([N+](=O)[O-])c4)N[C@@H](C4CCC(O)CC4)CO5)c(Oc4cnc5[nH]cc(F)c5c4)c3)CC2)C1. The second kappa shape index (κ2) is 17.5. The Labute approximate surface area is 383 Å². The molecule has 0 unspecified atom stereocenters. The summed E-state index contributed by atoms with van der Waals surface area (Å²) in [6, 6.07) is 18.1. The largest absolute Gasteiger partial charge is 0.489 e. The van der Waals surface area contributed by atoms with Crippen molar-refractivity contribution >= 4 is 44.0 Å². The number of nitrogens with one attached hydrogen (secondary N) is 3. The number of H-pyrrole nitrogens is 1. The number of carbonyl (C=O) groups is 1. The molecule has 4 N–H and O–H groups in total. The van der Waals surface area contributed by atoms with E-state index in [4.69, 9.17) is 9.47 Å². The maximum Gasteiger partial charge on any atom is 0.297 e. The van der Waals surface area contributed by atoms with Crippen molar-refractivity contribution in [2.45, 2.75) is 113 Å². The second-order valence-electron chi connectivity index (χ2n) is 19.4. The Morgan fingerprint density at radius 1 is 1.05 bits per heavy atom. The van der Waals surface area contributed by atoms with Crippen LogP contribution in [-0.4, -0.2) is 83.7 Å². The molecule has 0 bridgehead atoms. The second-order valence-corrected chi connectivity index (χ2v) is 21.0. The van der Waals surface area contributed by atoms with Crippen LogP contribution >= 0.6 is 0 Å². The molecule has 5 heterocycles. The third-order valence-corrected chi connectivity index (χ3v) is 16.3. The van der Waals surface area contributed by atoms with Gasteiger partial charge in [0.15, 0.2) is 11.4 Å². The highest BCUT2D eigenvalue weighted by Crippen LogP contribution is 2.54. The van der Waals surface area contributed by atoms with E-state index in [1.54, 1.807) is 12.1 Å². The van der Waals surface area contributed by atoms with Crippen LogP contribution in [0.3, 0.4) is 0 Å². The molecule has 2 atom stereocenters. The lowest BCUT2D eigenvalue weighted by atomic mass is 9.59. The average Bonchev–Trinajstić information content (AvgIpc) is 3.94. The lowest BCUT2D eigenvalue weighted by Gasteiger charge is -2.56. The van der Waals surface area contributed by atoms with E-state index >= 15 is 0 Å². The van der Waals surface area contributed by atoms with E-state index in [2.05, 4.69) is 67.9 Å². The molecule has 3 aromatic carbocycles. The number of rotatable bonds is 11. The number of pyridine rings is 1. The number of hydrogen-bond acceptors (Lipinski definition) is 12. The van der Waals surface area contributed by atoms with Gasteiger partial charge in [-0.25, -0.2) is 22.5 Å². The molecule has 2 aromatic heterocycles. The number of nitrogens with zero attached hydrogens (tertiary/aromatic N) is 4. The van der Waals surface area contributed by atoms with Gasteiger partial charge >= 0.3 is 0 Å². The fourth-order valence-electron chi connectivity index (χ4n) is 11.4. The molecule has 15 nitrogen and oxygen atoms in total. The molecule has 5 aromatic rings. The first kappa shape index (κ1) is 44.1. The molecule has 348 valence electrons. The number of aromatic amines is 1. The number of hydrogen-bond donors (Lipinski definition) is 4. The minimum Gasteiger partial charge on any atom is -0.489 e. The van der Waals surface area contributed by atoms with E-state index in [1.807, 2.05) is 0 Å². The maximum atomic E-state index is 14.6. The van der Waals surface area contributed by atoms with E-state index in [0.717, 1.165) is 69.9 Å². The lowest BCUT2D eigenvalue weighted by Crippen LogP contribution is -2.54. The monoisotopic (exact) mass is 921 g/mol. The molecule has 1 spiro atoms. The van der Waals surface area contributed by atoms with Gasteiger partial charge in [0, 0.05) is 55.3 Å². The van der Waals surface area contributed by atoms with E-state index in [0.29, 0.717) is 36.5 Å². The number of carbonyl (C=O) groups excluding carboxylic acids is 1. The number of nitro groups is 1. The number of nitro benzene ring substituents is 1. The summed E-state index contributed by atoms with van der Waals surface area (Å²) in [4.78, 5) is 37.2. The Morgan fingerprint density at radius 2 is 1.82 bits per heavy atom. The van der Waals surface area contributed by atoms with Gasteiger partial charge in [-0.2, -0.15) is 0 Å². The standard InChI is InChI=1S/C49H56FN7O8S/c1-29(2)36-6-3-4-7-37(36)42-8-5-17-56(42)32-24-49(25-32)15-18-55(19-16-49)31-11-14-38(44(20-31)65-34-21-39-40(50)27-52-47(39)51-26-34)48(59)54-66(62,63)35-22-43(57(60)61)46-45(23-35)64-28-41(53-46)30-9-12-33(58)13-10-30/h3-4,6-7,11,14,20-23,26-27,29-30,32-33,41-42,53,58H,5,8-10,12-13,15-19,24-25,28H2,1-2H3,(H,51,52)(H,54,59)/t30?,33?,41-,42-/m1/s1. The first-order valence-electron chi connectivity index (χ1n) is 23.3. The van der Waals surface area contributed by atoms with Gasteiger partial charge in [0.05, 0.1) is 39.1 Å². The zero-order valence-corrected chi connectivity index (χ0v) is 38.0. The van der Waals surface area contributed by atoms with Crippen molar-refractivity contribution in [3.8, 4) is 17.2 Å².